The first-order valence-corrected chi connectivity index (χ1v) is 6.84. The number of hydrogen-bond donors (Lipinski definition) is 2. The number of aromatic amines is 1. The van der Waals surface area contributed by atoms with Crippen LogP contribution in [-0.2, 0) is 16.6 Å². The molecule has 0 saturated carbocycles. The van der Waals surface area contributed by atoms with Gasteiger partial charge in [-0.1, -0.05) is 0 Å². The van der Waals surface area contributed by atoms with Crippen molar-refractivity contribution < 1.29 is 8.42 Å². The summed E-state index contributed by atoms with van der Waals surface area (Å²) in [7, 11) is -3.52. The van der Waals surface area contributed by atoms with Crippen LogP contribution in [0.2, 0.25) is 0 Å². The molecule has 0 spiro atoms. The summed E-state index contributed by atoms with van der Waals surface area (Å²) in [4.78, 5) is 10.5. The Morgan fingerprint density at radius 3 is 2.88 bits per heavy atom. The summed E-state index contributed by atoms with van der Waals surface area (Å²) in [6.07, 6.45) is 2.92. The molecular weight excluding hydrogens is 248 g/mol. The molecular formula is C8H10N4O2S2. The molecule has 6 nitrogen and oxygen atoms in total. The van der Waals surface area contributed by atoms with Crippen LogP contribution in [0.3, 0.4) is 0 Å². The lowest BCUT2D eigenvalue weighted by Crippen LogP contribution is -2.23. The topological polar surface area (TPSA) is 87.7 Å². The molecule has 0 aliphatic carbocycles. The fraction of sp³-hybridized carbons (Fsp3) is 0.250. The summed E-state index contributed by atoms with van der Waals surface area (Å²) in [5.74, 6) is 0.564. The number of thiazole rings is 1. The highest BCUT2D eigenvalue weighted by Gasteiger charge is 2.16. The number of rotatable bonds is 4. The van der Waals surface area contributed by atoms with E-state index in [-0.39, 0.29) is 11.6 Å². The minimum absolute atomic E-state index is 0.0709. The molecule has 0 aliphatic heterocycles. The Balaban J connectivity index is 2.09. The summed E-state index contributed by atoms with van der Waals surface area (Å²) in [5.41, 5.74) is 0. The minimum Gasteiger partial charge on any atom is -0.332 e. The highest BCUT2D eigenvalue weighted by molar-refractivity contribution is 7.89. The van der Waals surface area contributed by atoms with Crippen LogP contribution in [0.5, 0.6) is 0 Å². The first kappa shape index (κ1) is 11.2. The second kappa shape index (κ2) is 4.32. The number of sulfonamides is 1. The minimum atomic E-state index is -3.52. The summed E-state index contributed by atoms with van der Waals surface area (Å²) in [6.45, 7) is 1.89. The van der Waals surface area contributed by atoms with E-state index in [1.54, 1.807) is 18.5 Å². The number of H-pyrrole nitrogens is 1. The second-order valence-electron chi connectivity index (χ2n) is 3.08. The number of hydrogen-bond acceptors (Lipinski definition) is 5. The van der Waals surface area contributed by atoms with E-state index in [1.807, 2.05) is 0 Å². The maximum absolute atomic E-state index is 11.7. The van der Waals surface area contributed by atoms with Gasteiger partial charge in [0.15, 0.2) is 5.03 Å². The standard InChI is InChI=1S/C8H10N4O2S2/c1-6-10-5-8(12-6)16(13,14)11-4-7-9-2-3-15-7/h2-3,5,11H,4H2,1H3,(H,10,12). The van der Waals surface area contributed by atoms with Crippen LogP contribution < -0.4 is 4.72 Å². The van der Waals surface area contributed by atoms with E-state index in [9.17, 15) is 8.42 Å². The van der Waals surface area contributed by atoms with Gasteiger partial charge in [0.05, 0.1) is 12.7 Å². The zero-order chi connectivity index (χ0) is 11.6. The highest BCUT2D eigenvalue weighted by Crippen LogP contribution is 2.08. The molecule has 2 heterocycles. The van der Waals surface area contributed by atoms with Gasteiger partial charge in [0.2, 0.25) is 0 Å². The molecule has 2 aromatic heterocycles. The molecule has 2 rings (SSSR count). The lowest BCUT2D eigenvalue weighted by Gasteiger charge is -2.01. The van der Waals surface area contributed by atoms with Gasteiger partial charge in [0.1, 0.15) is 10.8 Å². The van der Waals surface area contributed by atoms with Crippen molar-refractivity contribution in [2.75, 3.05) is 0 Å². The van der Waals surface area contributed by atoms with Crippen LogP contribution in [0.15, 0.2) is 22.8 Å². The summed E-state index contributed by atoms with van der Waals surface area (Å²) in [6, 6.07) is 0. The van der Waals surface area contributed by atoms with Crippen LogP contribution in [0.4, 0.5) is 0 Å². The van der Waals surface area contributed by atoms with Gasteiger partial charge in [-0.25, -0.2) is 23.1 Å². The summed E-state index contributed by atoms with van der Waals surface area (Å²) < 4.78 is 25.9. The van der Waals surface area contributed by atoms with Crippen molar-refractivity contribution >= 4 is 21.4 Å². The molecule has 0 saturated heterocycles. The van der Waals surface area contributed by atoms with E-state index in [0.717, 1.165) is 5.01 Å². The van der Waals surface area contributed by atoms with Crippen molar-refractivity contribution in [2.45, 2.75) is 18.5 Å². The molecule has 2 N–H and O–H groups in total. The largest absolute Gasteiger partial charge is 0.332 e. The van der Waals surface area contributed by atoms with Gasteiger partial charge in [0, 0.05) is 11.6 Å². The quantitative estimate of drug-likeness (QED) is 0.843. The van der Waals surface area contributed by atoms with Gasteiger partial charge in [-0.05, 0) is 6.92 Å². The molecule has 0 bridgehead atoms. The third-order valence-corrected chi connectivity index (χ3v) is 3.96. The molecule has 0 fully saturated rings. The number of aromatic nitrogens is 3. The molecule has 16 heavy (non-hydrogen) atoms. The Morgan fingerprint density at radius 1 is 1.50 bits per heavy atom. The van der Waals surface area contributed by atoms with Gasteiger partial charge in [-0.15, -0.1) is 11.3 Å². The fourth-order valence-electron chi connectivity index (χ4n) is 1.11. The smallest absolute Gasteiger partial charge is 0.258 e. The van der Waals surface area contributed by atoms with E-state index in [4.69, 9.17) is 0 Å². The Kier molecular flexibility index (Phi) is 3.03. The van der Waals surface area contributed by atoms with Crippen molar-refractivity contribution in [3.8, 4) is 0 Å². The van der Waals surface area contributed by atoms with Gasteiger partial charge in [-0.2, -0.15) is 0 Å². The molecule has 0 unspecified atom stereocenters. The molecule has 0 atom stereocenters. The van der Waals surface area contributed by atoms with Crippen molar-refractivity contribution in [2.24, 2.45) is 0 Å². The third-order valence-electron chi connectivity index (χ3n) is 1.87. The van der Waals surface area contributed by atoms with E-state index >= 15 is 0 Å². The Morgan fingerprint density at radius 2 is 2.31 bits per heavy atom. The normalized spacial score (nSPS) is 11.8. The van der Waals surface area contributed by atoms with Crippen molar-refractivity contribution in [3.63, 3.8) is 0 Å². The molecule has 2 aromatic rings. The van der Waals surface area contributed by atoms with Crippen LogP contribution in [0, 0.1) is 6.92 Å². The Labute approximate surface area is 96.8 Å². The first-order valence-electron chi connectivity index (χ1n) is 4.47. The number of nitrogens with zero attached hydrogens (tertiary/aromatic N) is 2. The molecule has 8 heteroatoms. The maximum Gasteiger partial charge on any atom is 0.258 e. The van der Waals surface area contributed by atoms with E-state index < -0.39 is 10.0 Å². The molecule has 86 valence electrons. The zero-order valence-electron chi connectivity index (χ0n) is 8.47. The SMILES string of the molecule is Cc1ncc(S(=O)(=O)NCc2nccs2)[nH]1. The molecule has 0 aliphatic rings. The second-order valence-corrected chi connectivity index (χ2v) is 5.80. The Bertz CT molecular complexity index is 559. The van der Waals surface area contributed by atoms with E-state index in [1.165, 1.54) is 17.5 Å². The summed E-state index contributed by atoms with van der Waals surface area (Å²) in [5, 5.41) is 2.59. The molecule has 0 aromatic carbocycles. The molecule has 0 amide bonds. The lowest BCUT2D eigenvalue weighted by atomic mass is 10.7. The number of imidazole rings is 1. The first-order chi connectivity index (χ1) is 7.58. The highest BCUT2D eigenvalue weighted by atomic mass is 32.2. The van der Waals surface area contributed by atoms with Crippen molar-refractivity contribution in [3.05, 3.63) is 28.6 Å². The summed E-state index contributed by atoms with van der Waals surface area (Å²) >= 11 is 1.40. The zero-order valence-corrected chi connectivity index (χ0v) is 10.1. The van der Waals surface area contributed by atoms with E-state index in [0.29, 0.717) is 5.82 Å². The predicted octanol–water partition coefficient (Wildman–Crippen LogP) is 0.653. The monoisotopic (exact) mass is 258 g/mol. The van der Waals surface area contributed by atoms with Crippen molar-refractivity contribution in [1.82, 2.24) is 19.7 Å². The average Bonchev–Trinajstić information content (AvgIpc) is 2.85. The predicted molar refractivity (Wildman–Crippen MR) is 59.5 cm³/mol. The van der Waals surface area contributed by atoms with Gasteiger partial charge in [0.25, 0.3) is 10.0 Å². The number of aryl methyl sites for hydroxylation is 1. The average molecular weight is 258 g/mol. The van der Waals surface area contributed by atoms with Gasteiger partial charge < -0.3 is 4.98 Å². The van der Waals surface area contributed by atoms with Gasteiger partial charge in [-0.3, -0.25) is 0 Å². The fourth-order valence-corrected chi connectivity index (χ4v) is 2.71. The Hall–Kier alpha value is -1.25. The van der Waals surface area contributed by atoms with Crippen LogP contribution in [-0.4, -0.2) is 23.4 Å². The van der Waals surface area contributed by atoms with Crippen LogP contribution in [0.25, 0.3) is 0 Å². The maximum atomic E-state index is 11.7. The van der Waals surface area contributed by atoms with Crippen LogP contribution in [0.1, 0.15) is 10.8 Å². The van der Waals surface area contributed by atoms with E-state index in [2.05, 4.69) is 19.7 Å². The van der Waals surface area contributed by atoms with Crippen molar-refractivity contribution in [1.29, 1.82) is 0 Å². The molecule has 0 radical (unpaired) electrons. The van der Waals surface area contributed by atoms with Crippen LogP contribution >= 0.6 is 11.3 Å². The third kappa shape index (κ3) is 2.46. The number of nitrogens with one attached hydrogen (secondary N) is 2. The van der Waals surface area contributed by atoms with Gasteiger partial charge >= 0.3 is 0 Å². The lowest BCUT2D eigenvalue weighted by molar-refractivity contribution is 0.577.